The number of nitrogens with zero attached hydrogens (tertiary/aromatic N) is 1. The van der Waals surface area contributed by atoms with Crippen LogP contribution in [0.25, 0.3) is 0 Å². The number of carbonyl (C=O) groups is 1. The third-order valence-corrected chi connectivity index (χ3v) is 4.13. The highest BCUT2D eigenvalue weighted by Crippen LogP contribution is 2.31. The van der Waals surface area contributed by atoms with E-state index in [0.29, 0.717) is 31.2 Å². The molecule has 2 unspecified atom stereocenters. The Labute approximate surface area is 125 Å². The first-order valence-electron chi connectivity index (χ1n) is 6.63. The number of amides is 1. The lowest BCUT2D eigenvalue weighted by Gasteiger charge is -2.35. The van der Waals surface area contributed by atoms with Gasteiger partial charge in [0.25, 0.3) is 5.91 Å². The molecule has 3 rings (SSSR count). The molecule has 1 aromatic carbocycles. The lowest BCUT2D eigenvalue weighted by molar-refractivity contribution is -0.147. The molecule has 0 saturated carbocycles. The summed E-state index contributed by atoms with van der Waals surface area (Å²) in [5, 5.41) is 0.724. The van der Waals surface area contributed by atoms with Crippen LogP contribution in [0, 0.1) is 0 Å². The van der Waals surface area contributed by atoms with Gasteiger partial charge in [-0.3, -0.25) is 4.79 Å². The number of carbonyl (C=O) groups excluding carboxylic acids is 1. The zero-order chi connectivity index (χ0) is 13.9. The number of benzene rings is 1. The summed E-state index contributed by atoms with van der Waals surface area (Å²) < 4.78 is 16.9. The van der Waals surface area contributed by atoms with Crippen LogP contribution in [0.2, 0.25) is 0 Å². The number of para-hydroxylation sites is 2. The number of ether oxygens (including phenoxy) is 3. The van der Waals surface area contributed by atoms with Crippen molar-refractivity contribution in [3.8, 4) is 11.5 Å². The molecule has 2 aliphatic heterocycles. The molecule has 2 atom stereocenters. The summed E-state index contributed by atoms with van der Waals surface area (Å²) in [6.45, 7) is 2.01. The molecule has 2 heterocycles. The van der Waals surface area contributed by atoms with Crippen LogP contribution >= 0.6 is 15.9 Å². The summed E-state index contributed by atoms with van der Waals surface area (Å²) in [6.07, 6.45) is -0.525. The normalized spacial score (nSPS) is 25.4. The predicted octanol–water partition coefficient (Wildman–Crippen LogP) is 1.45. The van der Waals surface area contributed by atoms with Crippen LogP contribution in [0.3, 0.4) is 0 Å². The van der Waals surface area contributed by atoms with Crippen molar-refractivity contribution in [1.82, 2.24) is 4.90 Å². The third-order valence-electron chi connectivity index (χ3n) is 3.41. The Bertz CT molecular complexity index is 496. The van der Waals surface area contributed by atoms with Gasteiger partial charge in [-0.15, -0.1) is 0 Å². The van der Waals surface area contributed by atoms with Gasteiger partial charge in [0.2, 0.25) is 6.10 Å². The quantitative estimate of drug-likeness (QED) is 0.764. The zero-order valence-corrected chi connectivity index (χ0v) is 12.5. The van der Waals surface area contributed by atoms with E-state index in [0.717, 1.165) is 5.33 Å². The molecule has 1 saturated heterocycles. The van der Waals surface area contributed by atoms with Gasteiger partial charge in [0, 0.05) is 18.4 Å². The van der Waals surface area contributed by atoms with Crippen LogP contribution in [-0.2, 0) is 9.53 Å². The van der Waals surface area contributed by atoms with Gasteiger partial charge < -0.3 is 19.1 Å². The van der Waals surface area contributed by atoms with E-state index in [1.807, 2.05) is 24.3 Å². The molecule has 1 amide bonds. The monoisotopic (exact) mass is 341 g/mol. The van der Waals surface area contributed by atoms with Gasteiger partial charge in [0.05, 0.1) is 12.7 Å². The first-order valence-corrected chi connectivity index (χ1v) is 7.75. The van der Waals surface area contributed by atoms with Gasteiger partial charge in [0.15, 0.2) is 11.5 Å². The second-order valence-corrected chi connectivity index (χ2v) is 5.44. The fourth-order valence-electron chi connectivity index (χ4n) is 2.36. The maximum absolute atomic E-state index is 12.5. The molecule has 20 heavy (non-hydrogen) atoms. The van der Waals surface area contributed by atoms with Crippen molar-refractivity contribution < 1.29 is 19.0 Å². The Balaban J connectivity index is 1.67. The minimum absolute atomic E-state index is 0.0336. The molecular weight excluding hydrogens is 326 g/mol. The number of hydrogen-bond donors (Lipinski definition) is 0. The summed E-state index contributed by atoms with van der Waals surface area (Å²) in [4.78, 5) is 14.3. The van der Waals surface area contributed by atoms with E-state index in [-0.39, 0.29) is 18.6 Å². The van der Waals surface area contributed by atoms with E-state index in [9.17, 15) is 4.79 Å². The second-order valence-electron chi connectivity index (χ2n) is 4.80. The molecule has 108 valence electrons. The summed E-state index contributed by atoms with van der Waals surface area (Å²) in [5.74, 6) is 1.29. The molecule has 0 aliphatic carbocycles. The summed E-state index contributed by atoms with van der Waals surface area (Å²) >= 11 is 3.39. The van der Waals surface area contributed by atoms with E-state index < -0.39 is 6.10 Å². The van der Waals surface area contributed by atoms with Crippen molar-refractivity contribution in [3.05, 3.63) is 24.3 Å². The number of rotatable bonds is 2. The van der Waals surface area contributed by atoms with Gasteiger partial charge in [-0.2, -0.15) is 0 Å². The SMILES string of the molecule is O=C(C1COc2ccccc2O1)N1CCOC(CBr)C1. The summed E-state index contributed by atoms with van der Waals surface area (Å²) in [5.41, 5.74) is 0. The summed E-state index contributed by atoms with van der Waals surface area (Å²) in [6, 6.07) is 7.40. The molecule has 0 aromatic heterocycles. The van der Waals surface area contributed by atoms with Gasteiger partial charge in [-0.05, 0) is 12.1 Å². The lowest BCUT2D eigenvalue weighted by atomic mass is 10.2. The Morgan fingerprint density at radius 1 is 1.35 bits per heavy atom. The summed E-state index contributed by atoms with van der Waals surface area (Å²) in [7, 11) is 0. The number of fused-ring (bicyclic) bond motifs is 1. The number of halogens is 1. The Hall–Kier alpha value is -1.27. The average molecular weight is 342 g/mol. The lowest BCUT2D eigenvalue weighted by Crippen LogP contribution is -2.52. The van der Waals surface area contributed by atoms with Crippen molar-refractivity contribution in [2.75, 3.05) is 31.6 Å². The van der Waals surface area contributed by atoms with Crippen LogP contribution in [0.15, 0.2) is 24.3 Å². The minimum atomic E-state index is -0.570. The molecule has 0 radical (unpaired) electrons. The van der Waals surface area contributed by atoms with E-state index in [1.165, 1.54) is 0 Å². The van der Waals surface area contributed by atoms with Crippen LogP contribution in [0.1, 0.15) is 0 Å². The van der Waals surface area contributed by atoms with Crippen molar-refractivity contribution >= 4 is 21.8 Å². The highest BCUT2D eigenvalue weighted by atomic mass is 79.9. The highest BCUT2D eigenvalue weighted by Gasteiger charge is 2.33. The van der Waals surface area contributed by atoms with Crippen LogP contribution < -0.4 is 9.47 Å². The molecule has 2 aliphatic rings. The van der Waals surface area contributed by atoms with Crippen molar-refractivity contribution in [2.24, 2.45) is 0 Å². The molecule has 1 aromatic rings. The Morgan fingerprint density at radius 2 is 2.15 bits per heavy atom. The van der Waals surface area contributed by atoms with Gasteiger partial charge in [-0.25, -0.2) is 0 Å². The van der Waals surface area contributed by atoms with E-state index >= 15 is 0 Å². The van der Waals surface area contributed by atoms with Crippen molar-refractivity contribution in [3.63, 3.8) is 0 Å². The number of hydrogen-bond acceptors (Lipinski definition) is 4. The average Bonchev–Trinajstić information content (AvgIpc) is 2.53. The van der Waals surface area contributed by atoms with Gasteiger partial charge in [0.1, 0.15) is 6.61 Å². The number of alkyl halides is 1. The van der Waals surface area contributed by atoms with Crippen LogP contribution in [-0.4, -0.2) is 54.6 Å². The standard InChI is InChI=1S/C14H16BrNO4/c15-7-10-8-16(5-6-18-10)14(17)13-9-19-11-3-1-2-4-12(11)20-13/h1-4,10,13H,5-9H2. The highest BCUT2D eigenvalue weighted by molar-refractivity contribution is 9.09. The smallest absolute Gasteiger partial charge is 0.267 e. The van der Waals surface area contributed by atoms with Crippen molar-refractivity contribution in [1.29, 1.82) is 0 Å². The van der Waals surface area contributed by atoms with Gasteiger partial charge in [-0.1, -0.05) is 28.1 Å². The van der Waals surface area contributed by atoms with E-state index in [4.69, 9.17) is 14.2 Å². The minimum Gasteiger partial charge on any atom is -0.485 e. The van der Waals surface area contributed by atoms with E-state index in [1.54, 1.807) is 4.90 Å². The van der Waals surface area contributed by atoms with Crippen LogP contribution in [0.5, 0.6) is 11.5 Å². The maximum atomic E-state index is 12.5. The molecule has 0 bridgehead atoms. The van der Waals surface area contributed by atoms with Crippen molar-refractivity contribution in [2.45, 2.75) is 12.2 Å². The third kappa shape index (κ3) is 2.76. The molecule has 5 nitrogen and oxygen atoms in total. The fraction of sp³-hybridized carbons (Fsp3) is 0.500. The zero-order valence-electron chi connectivity index (χ0n) is 11.0. The molecular formula is C14H16BrNO4. The van der Waals surface area contributed by atoms with Crippen LogP contribution in [0.4, 0.5) is 0 Å². The Morgan fingerprint density at radius 3 is 2.95 bits per heavy atom. The number of morpholine rings is 1. The molecule has 1 fully saturated rings. The molecule has 0 spiro atoms. The maximum Gasteiger partial charge on any atom is 0.267 e. The van der Waals surface area contributed by atoms with Gasteiger partial charge >= 0.3 is 0 Å². The topological polar surface area (TPSA) is 48.0 Å². The molecule has 0 N–H and O–H groups in total. The second kappa shape index (κ2) is 6.01. The first-order chi connectivity index (χ1) is 9.78. The fourth-order valence-corrected chi connectivity index (χ4v) is 2.75. The largest absolute Gasteiger partial charge is 0.485 e. The Kier molecular flexibility index (Phi) is 4.12. The van der Waals surface area contributed by atoms with E-state index in [2.05, 4.69) is 15.9 Å². The first kappa shape index (κ1) is 13.7. The predicted molar refractivity (Wildman–Crippen MR) is 76.5 cm³/mol. The molecule has 6 heteroatoms.